The Labute approximate surface area is 188 Å². The van der Waals surface area contributed by atoms with Crippen molar-refractivity contribution in [2.24, 2.45) is 17.3 Å². The fourth-order valence-corrected chi connectivity index (χ4v) is 5.74. The van der Waals surface area contributed by atoms with Crippen molar-refractivity contribution in [1.29, 1.82) is 5.26 Å². The van der Waals surface area contributed by atoms with Gasteiger partial charge in [0.2, 0.25) is 0 Å². The molecular weight excluding hydrogens is 366 g/mol. The van der Waals surface area contributed by atoms with Gasteiger partial charge in [0, 0.05) is 0 Å². The summed E-state index contributed by atoms with van der Waals surface area (Å²) < 4.78 is 6.36. The normalized spacial score (nSPS) is 29.6. The maximum atomic E-state index is 9.90. The molecule has 0 aromatic carbocycles. The van der Waals surface area contributed by atoms with Crippen LogP contribution in [0.25, 0.3) is 0 Å². The lowest BCUT2D eigenvalue weighted by molar-refractivity contribution is -0.0300. The molecule has 2 aliphatic carbocycles. The average Bonchev–Trinajstić information content (AvgIpc) is 2.79. The molecule has 0 bridgehead atoms. The summed E-state index contributed by atoms with van der Waals surface area (Å²) in [5.41, 5.74) is -0.186. The van der Waals surface area contributed by atoms with Gasteiger partial charge in [-0.15, -0.1) is 0 Å². The third kappa shape index (κ3) is 9.72. The molecular formula is C28H51NO. The molecule has 2 aliphatic rings. The smallest absolute Gasteiger partial charge is 0.0807 e. The van der Waals surface area contributed by atoms with Crippen LogP contribution < -0.4 is 0 Å². The molecule has 0 atom stereocenters. The van der Waals surface area contributed by atoms with Gasteiger partial charge in [0.05, 0.1) is 24.2 Å². The Hall–Kier alpha value is -0.550. The molecule has 2 heteroatoms. The molecule has 0 aromatic rings. The maximum Gasteiger partial charge on any atom is 0.0807 e. The minimum absolute atomic E-state index is 0.186. The Balaban J connectivity index is 1.57. The number of hydrogen-bond donors (Lipinski definition) is 0. The van der Waals surface area contributed by atoms with E-state index in [1.54, 1.807) is 0 Å². The molecule has 30 heavy (non-hydrogen) atoms. The van der Waals surface area contributed by atoms with E-state index in [0.29, 0.717) is 12.7 Å². The van der Waals surface area contributed by atoms with Gasteiger partial charge < -0.3 is 4.74 Å². The minimum Gasteiger partial charge on any atom is -0.377 e. The first-order valence-corrected chi connectivity index (χ1v) is 13.7. The van der Waals surface area contributed by atoms with Crippen molar-refractivity contribution < 1.29 is 4.74 Å². The molecule has 0 N–H and O–H groups in total. The van der Waals surface area contributed by atoms with Crippen molar-refractivity contribution in [3.8, 4) is 6.07 Å². The van der Waals surface area contributed by atoms with E-state index in [0.717, 1.165) is 24.7 Å². The lowest BCUT2D eigenvalue weighted by Gasteiger charge is -2.37. The van der Waals surface area contributed by atoms with Crippen LogP contribution in [-0.4, -0.2) is 12.7 Å². The number of rotatable bonds is 15. The molecule has 0 aliphatic heterocycles. The topological polar surface area (TPSA) is 33.0 Å². The highest BCUT2D eigenvalue weighted by molar-refractivity contribution is 5.02. The summed E-state index contributed by atoms with van der Waals surface area (Å²) in [4.78, 5) is 0. The summed E-state index contributed by atoms with van der Waals surface area (Å²) in [6.45, 7) is 5.27. The predicted octanol–water partition coefficient (Wildman–Crippen LogP) is 8.98. The highest BCUT2D eigenvalue weighted by Crippen LogP contribution is 2.41. The van der Waals surface area contributed by atoms with Gasteiger partial charge in [-0.25, -0.2) is 0 Å². The Morgan fingerprint density at radius 1 is 0.700 bits per heavy atom. The molecule has 0 radical (unpaired) electrons. The molecule has 2 fully saturated rings. The zero-order chi connectivity index (χ0) is 21.5. The fourth-order valence-electron chi connectivity index (χ4n) is 5.74. The summed E-state index contributed by atoms with van der Waals surface area (Å²) in [5, 5.41) is 9.90. The van der Waals surface area contributed by atoms with Crippen molar-refractivity contribution in [1.82, 2.24) is 0 Å². The molecule has 0 saturated heterocycles. The standard InChI is InChI=1S/C28H51NO/c1-3-5-7-9-11-13-25-15-17-27(18-16-25)30-24-28(23-29)21-19-26(20-22-28)14-12-10-8-6-4-2/h25-27H,3-22,24H2,1-2H3/t25-,26-,27-,28+. The highest BCUT2D eigenvalue weighted by Gasteiger charge is 2.36. The van der Waals surface area contributed by atoms with Crippen LogP contribution >= 0.6 is 0 Å². The van der Waals surface area contributed by atoms with Crippen molar-refractivity contribution in [2.75, 3.05) is 6.61 Å². The van der Waals surface area contributed by atoms with E-state index in [-0.39, 0.29) is 5.41 Å². The molecule has 0 unspecified atom stereocenters. The summed E-state index contributed by atoms with van der Waals surface area (Å²) >= 11 is 0. The Morgan fingerprint density at radius 2 is 1.20 bits per heavy atom. The quantitative estimate of drug-likeness (QED) is 0.249. The van der Waals surface area contributed by atoms with Gasteiger partial charge in [0.25, 0.3) is 0 Å². The molecule has 2 saturated carbocycles. The van der Waals surface area contributed by atoms with Crippen molar-refractivity contribution in [3.05, 3.63) is 0 Å². The number of ether oxygens (including phenoxy) is 1. The van der Waals surface area contributed by atoms with Crippen molar-refractivity contribution in [2.45, 2.75) is 148 Å². The molecule has 0 spiro atoms. The first kappa shape index (κ1) is 25.7. The fraction of sp³-hybridized carbons (Fsp3) is 0.964. The Morgan fingerprint density at radius 3 is 1.70 bits per heavy atom. The maximum absolute atomic E-state index is 9.90. The van der Waals surface area contributed by atoms with Crippen molar-refractivity contribution >= 4 is 0 Å². The summed E-state index contributed by atoms with van der Waals surface area (Å²) in [5.74, 6) is 1.80. The van der Waals surface area contributed by atoms with Crippen LogP contribution in [0.5, 0.6) is 0 Å². The van der Waals surface area contributed by atoms with Crippen LogP contribution in [0.4, 0.5) is 0 Å². The lowest BCUT2D eigenvalue weighted by atomic mass is 9.70. The summed E-state index contributed by atoms with van der Waals surface area (Å²) in [6.07, 6.45) is 26.9. The zero-order valence-corrected chi connectivity index (χ0v) is 20.4. The van der Waals surface area contributed by atoms with Crippen LogP contribution in [0, 0.1) is 28.6 Å². The third-order valence-electron chi connectivity index (χ3n) is 8.12. The summed E-state index contributed by atoms with van der Waals surface area (Å²) in [7, 11) is 0. The van der Waals surface area contributed by atoms with Gasteiger partial charge >= 0.3 is 0 Å². The average molecular weight is 418 g/mol. The van der Waals surface area contributed by atoms with Gasteiger partial charge in [-0.05, 0) is 63.2 Å². The van der Waals surface area contributed by atoms with E-state index >= 15 is 0 Å². The molecule has 0 aromatic heterocycles. The second kappa shape index (κ2) is 15.3. The lowest BCUT2D eigenvalue weighted by Crippen LogP contribution is -2.34. The van der Waals surface area contributed by atoms with Crippen LogP contribution in [0.3, 0.4) is 0 Å². The molecule has 174 valence electrons. The molecule has 2 nitrogen and oxygen atoms in total. The predicted molar refractivity (Wildman–Crippen MR) is 128 cm³/mol. The molecule has 0 amide bonds. The van der Waals surface area contributed by atoms with Gasteiger partial charge in [0.1, 0.15) is 0 Å². The van der Waals surface area contributed by atoms with Crippen LogP contribution in [0.1, 0.15) is 142 Å². The molecule has 2 rings (SSSR count). The first-order chi connectivity index (χ1) is 14.7. The second-order valence-corrected chi connectivity index (χ2v) is 10.7. The Bertz CT molecular complexity index is 452. The number of unbranched alkanes of at least 4 members (excludes halogenated alkanes) is 8. The van der Waals surface area contributed by atoms with Gasteiger partial charge in [-0.3, -0.25) is 0 Å². The molecule has 0 heterocycles. The van der Waals surface area contributed by atoms with Crippen LogP contribution in [0.15, 0.2) is 0 Å². The Kier molecular flexibility index (Phi) is 13.1. The minimum atomic E-state index is -0.186. The zero-order valence-electron chi connectivity index (χ0n) is 20.4. The first-order valence-electron chi connectivity index (χ1n) is 13.7. The van der Waals surface area contributed by atoms with E-state index in [2.05, 4.69) is 19.9 Å². The van der Waals surface area contributed by atoms with Gasteiger partial charge in [0.15, 0.2) is 0 Å². The van der Waals surface area contributed by atoms with E-state index in [4.69, 9.17) is 4.74 Å². The van der Waals surface area contributed by atoms with E-state index in [1.165, 1.54) is 116 Å². The van der Waals surface area contributed by atoms with E-state index in [9.17, 15) is 5.26 Å². The van der Waals surface area contributed by atoms with Gasteiger partial charge in [-0.2, -0.15) is 5.26 Å². The van der Waals surface area contributed by atoms with E-state index < -0.39 is 0 Å². The largest absolute Gasteiger partial charge is 0.377 e. The second-order valence-electron chi connectivity index (χ2n) is 10.7. The third-order valence-corrected chi connectivity index (χ3v) is 8.12. The monoisotopic (exact) mass is 417 g/mol. The highest BCUT2D eigenvalue weighted by atomic mass is 16.5. The van der Waals surface area contributed by atoms with Crippen molar-refractivity contribution in [3.63, 3.8) is 0 Å². The van der Waals surface area contributed by atoms with Gasteiger partial charge in [-0.1, -0.05) is 90.9 Å². The summed E-state index contributed by atoms with van der Waals surface area (Å²) in [6, 6.07) is 2.69. The SMILES string of the molecule is CCCCCCC[C@H]1CC[C@H](OC[C@]2(C#N)CC[C@H](CCCCCCC)CC2)CC1. The number of nitrogens with zero attached hydrogens (tertiary/aromatic N) is 1. The van der Waals surface area contributed by atoms with E-state index in [1.807, 2.05) is 0 Å². The van der Waals surface area contributed by atoms with Crippen LogP contribution in [-0.2, 0) is 4.74 Å². The number of hydrogen-bond acceptors (Lipinski definition) is 2. The number of nitriles is 1. The van der Waals surface area contributed by atoms with Crippen LogP contribution in [0.2, 0.25) is 0 Å².